The highest BCUT2D eigenvalue weighted by Gasteiger charge is 2.33. The topological polar surface area (TPSA) is 30.4 Å². The third-order valence-electron chi connectivity index (χ3n) is 5.55. The molecule has 3 aromatic carbocycles. The van der Waals surface area contributed by atoms with Gasteiger partial charge in [0.05, 0.1) is 11.1 Å². The second-order valence-corrected chi connectivity index (χ2v) is 7.08. The molecule has 0 fully saturated rings. The summed E-state index contributed by atoms with van der Waals surface area (Å²) in [6.07, 6.45) is 0. The van der Waals surface area contributed by atoms with E-state index < -0.39 is 0 Å². The van der Waals surface area contributed by atoms with Crippen LogP contribution >= 0.6 is 0 Å². The van der Waals surface area contributed by atoms with E-state index in [1.807, 2.05) is 24.3 Å². The van der Waals surface area contributed by atoms with Gasteiger partial charge in [0.25, 0.3) is 11.6 Å². The summed E-state index contributed by atoms with van der Waals surface area (Å²) in [4.78, 5) is 8.42. The first-order valence-electron chi connectivity index (χ1n) is 8.96. The number of para-hydroxylation sites is 1. The van der Waals surface area contributed by atoms with E-state index in [-0.39, 0.29) is 0 Å². The zero-order valence-corrected chi connectivity index (χ0v) is 15.5. The van der Waals surface area contributed by atoms with Crippen molar-refractivity contribution in [1.82, 2.24) is 4.98 Å². The first-order chi connectivity index (χ1) is 13.1. The van der Waals surface area contributed by atoms with Crippen molar-refractivity contribution < 1.29 is 9.30 Å². The summed E-state index contributed by atoms with van der Waals surface area (Å²) in [6.45, 7) is 11.9. The molecule has 0 saturated carbocycles. The number of aryl methyl sites for hydroxylation is 2. The molecule has 27 heavy (non-hydrogen) atoms. The molecular formula is C23H18N3O+. The van der Waals surface area contributed by atoms with E-state index in [0.717, 1.165) is 33.4 Å². The highest BCUT2D eigenvalue weighted by atomic mass is 16.5. The van der Waals surface area contributed by atoms with Crippen LogP contribution in [0.1, 0.15) is 16.7 Å². The van der Waals surface area contributed by atoms with Gasteiger partial charge in [-0.25, -0.2) is 11.6 Å². The fourth-order valence-corrected chi connectivity index (χ4v) is 4.10. The molecule has 1 aromatic heterocycles. The van der Waals surface area contributed by atoms with Gasteiger partial charge in [-0.3, -0.25) is 0 Å². The maximum Gasteiger partial charge on any atom is 0.294 e. The standard InChI is InChI=1S/C23H18N3O/c1-13-11-15-7-6-10-18-20(15)19(14(13)2)22-23(27-18)25-21-16(12-24-3)8-5-9-17(21)26(22)4/h5-11H,12H2,1-2,4H3/q+1. The molecule has 1 aliphatic rings. The number of benzene rings is 3. The lowest BCUT2D eigenvalue weighted by Crippen LogP contribution is -2.34. The van der Waals surface area contributed by atoms with E-state index in [4.69, 9.17) is 16.3 Å². The number of rotatable bonds is 1. The Bertz CT molecular complexity index is 1320. The molecule has 5 rings (SSSR count). The Morgan fingerprint density at radius 1 is 1.15 bits per heavy atom. The Morgan fingerprint density at radius 2 is 1.96 bits per heavy atom. The molecule has 0 N–H and O–H groups in total. The minimum atomic E-state index is 0.313. The van der Waals surface area contributed by atoms with Gasteiger partial charge in [0.15, 0.2) is 0 Å². The molecular weight excluding hydrogens is 334 g/mol. The maximum absolute atomic E-state index is 7.24. The molecule has 4 heteroatoms. The van der Waals surface area contributed by atoms with Crippen molar-refractivity contribution in [3.05, 3.63) is 70.6 Å². The Hall–Kier alpha value is -3.45. The van der Waals surface area contributed by atoms with Gasteiger partial charge in [-0.05, 0) is 42.5 Å². The summed E-state index contributed by atoms with van der Waals surface area (Å²) in [5.41, 5.74) is 7.44. The van der Waals surface area contributed by atoms with Crippen LogP contribution in [0.25, 0.3) is 37.9 Å². The van der Waals surface area contributed by atoms with Gasteiger partial charge >= 0.3 is 0 Å². The molecule has 0 atom stereocenters. The number of hydrogen-bond donors (Lipinski definition) is 0. The van der Waals surface area contributed by atoms with Crippen LogP contribution < -0.4 is 9.30 Å². The third kappa shape index (κ3) is 2.09. The second-order valence-electron chi connectivity index (χ2n) is 7.08. The summed E-state index contributed by atoms with van der Waals surface area (Å²) in [7, 11) is 2.05. The Labute approximate surface area is 157 Å². The smallest absolute Gasteiger partial charge is 0.294 e. The molecule has 0 unspecified atom stereocenters. The zero-order chi connectivity index (χ0) is 18.7. The lowest BCUT2D eigenvalue weighted by atomic mass is 9.91. The van der Waals surface area contributed by atoms with Crippen LogP contribution in [0.3, 0.4) is 0 Å². The molecule has 4 nitrogen and oxygen atoms in total. The Kier molecular flexibility index (Phi) is 3.23. The first kappa shape index (κ1) is 15.8. The fraction of sp³-hybridized carbons (Fsp3) is 0.174. The van der Waals surface area contributed by atoms with Crippen molar-refractivity contribution >= 4 is 21.8 Å². The zero-order valence-electron chi connectivity index (χ0n) is 15.5. The van der Waals surface area contributed by atoms with Crippen molar-refractivity contribution in [2.45, 2.75) is 20.4 Å². The van der Waals surface area contributed by atoms with E-state index >= 15 is 0 Å². The number of hydrogen-bond acceptors (Lipinski definition) is 2. The normalized spacial score (nSPS) is 11.9. The monoisotopic (exact) mass is 352 g/mol. The summed E-state index contributed by atoms with van der Waals surface area (Å²) >= 11 is 0. The van der Waals surface area contributed by atoms with Crippen molar-refractivity contribution in [3.8, 4) is 22.9 Å². The minimum Gasteiger partial charge on any atom is -0.433 e. The summed E-state index contributed by atoms with van der Waals surface area (Å²) in [5.74, 6) is 1.45. The molecule has 1 aliphatic heterocycles. The molecule has 0 bridgehead atoms. The van der Waals surface area contributed by atoms with Crippen LogP contribution in [-0.2, 0) is 13.6 Å². The van der Waals surface area contributed by atoms with Gasteiger partial charge in [-0.1, -0.05) is 24.3 Å². The summed E-state index contributed by atoms with van der Waals surface area (Å²) in [5, 5.41) is 2.32. The van der Waals surface area contributed by atoms with E-state index in [2.05, 4.69) is 48.5 Å². The quantitative estimate of drug-likeness (QED) is 0.313. The second kappa shape index (κ2) is 5.52. The molecule has 0 spiro atoms. The van der Waals surface area contributed by atoms with Crippen LogP contribution in [0.4, 0.5) is 0 Å². The van der Waals surface area contributed by atoms with Crippen LogP contribution in [0.5, 0.6) is 11.6 Å². The first-order valence-corrected chi connectivity index (χ1v) is 8.96. The van der Waals surface area contributed by atoms with Gasteiger partial charge in [0.2, 0.25) is 12.1 Å². The highest BCUT2D eigenvalue weighted by molar-refractivity contribution is 6.04. The average Bonchev–Trinajstić information content (AvgIpc) is 2.66. The van der Waals surface area contributed by atoms with Crippen LogP contribution in [0, 0.1) is 20.4 Å². The maximum atomic E-state index is 7.24. The molecule has 2 heterocycles. The number of nitrogens with zero attached hydrogens (tertiary/aromatic N) is 3. The third-order valence-corrected chi connectivity index (χ3v) is 5.55. The average molecular weight is 352 g/mol. The number of aromatic nitrogens is 2. The lowest BCUT2D eigenvalue weighted by molar-refractivity contribution is -0.634. The van der Waals surface area contributed by atoms with Crippen molar-refractivity contribution in [2.24, 2.45) is 7.05 Å². The molecule has 4 aromatic rings. The lowest BCUT2D eigenvalue weighted by Gasteiger charge is -2.21. The molecule has 0 saturated heterocycles. The van der Waals surface area contributed by atoms with Crippen molar-refractivity contribution in [1.29, 1.82) is 0 Å². The van der Waals surface area contributed by atoms with Gasteiger partial charge in [0.1, 0.15) is 18.3 Å². The largest absolute Gasteiger partial charge is 0.433 e. The van der Waals surface area contributed by atoms with Crippen LogP contribution in [0.15, 0.2) is 42.5 Å². The Balaban J connectivity index is 1.97. The summed E-state index contributed by atoms with van der Waals surface area (Å²) < 4.78 is 8.41. The van der Waals surface area contributed by atoms with Crippen molar-refractivity contribution in [3.63, 3.8) is 0 Å². The van der Waals surface area contributed by atoms with Gasteiger partial charge in [-0.2, -0.15) is 4.57 Å². The van der Waals surface area contributed by atoms with E-state index in [0.29, 0.717) is 12.4 Å². The number of ether oxygens (including phenoxy) is 1. The molecule has 0 amide bonds. The number of fused-ring (bicyclic) bond motifs is 3. The summed E-state index contributed by atoms with van der Waals surface area (Å²) in [6, 6.07) is 14.4. The Morgan fingerprint density at radius 3 is 2.78 bits per heavy atom. The fourth-order valence-electron chi connectivity index (χ4n) is 4.10. The van der Waals surface area contributed by atoms with Gasteiger partial charge < -0.3 is 9.58 Å². The SMILES string of the molecule is [C-]#[N+]Cc1cccc2c1nc1c([n+]2C)-c2c(C)c(C)cc3cccc(c23)O1. The van der Waals surface area contributed by atoms with Crippen LogP contribution in [0.2, 0.25) is 0 Å². The highest BCUT2D eigenvalue weighted by Crippen LogP contribution is 2.46. The molecule has 130 valence electrons. The van der Waals surface area contributed by atoms with Crippen molar-refractivity contribution in [2.75, 3.05) is 0 Å². The van der Waals surface area contributed by atoms with Gasteiger partial charge in [0, 0.05) is 11.5 Å². The van der Waals surface area contributed by atoms with E-state index in [9.17, 15) is 0 Å². The predicted octanol–water partition coefficient (Wildman–Crippen LogP) is 5.02. The molecule has 0 radical (unpaired) electrons. The van der Waals surface area contributed by atoms with Gasteiger partial charge in [-0.15, -0.1) is 0 Å². The van der Waals surface area contributed by atoms with E-state index in [1.165, 1.54) is 22.1 Å². The van der Waals surface area contributed by atoms with E-state index in [1.54, 1.807) is 0 Å². The minimum absolute atomic E-state index is 0.313. The molecule has 0 aliphatic carbocycles. The predicted molar refractivity (Wildman–Crippen MR) is 106 cm³/mol. The van der Waals surface area contributed by atoms with Crippen LogP contribution in [-0.4, -0.2) is 4.98 Å².